The molecule has 8 nitrogen and oxygen atoms in total. The first kappa shape index (κ1) is 21.8. The maximum absolute atomic E-state index is 12.8. The number of nitrogens with zero attached hydrogens (tertiary/aromatic N) is 2. The van der Waals surface area contributed by atoms with Crippen molar-refractivity contribution in [1.82, 2.24) is 9.80 Å². The molecule has 2 aliphatic rings. The minimum absolute atomic E-state index is 0.0837. The SMILES string of the molecule is C=Cc1cccc2c1CN(C(=O)O[C@@H]1C[C@@H](C(=O)OC)N(C(=O)[C@@H](N)C(C)C)C1)C2. The van der Waals surface area contributed by atoms with Crippen LogP contribution in [0.4, 0.5) is 4.79 Å². The summed E-state index contributed by atoms with van der Waals surface area (Å²) in [6.07, 6.45) is 0.880. The second-order valence-corrected chi connectivity index (χ2v) is 8.09. The first-order valence-electron chi connectivity index (χ1n) is 10.1. The summed E-state index contributed by atoms with van der Waals surface area (Å²) >= 11 is 0. The van der Waals surface area contributed by atoms with E-state index in [9.17, 15) is 14.4 Å². The highest BCUT2D eigenvalue weighted by molar-refractivity contribution is 5.88. The molecule has 1 saturated heterocycles. The number of amides is 2. The van der Waals surface area contributed by atoms with Gasteiger partial charge in [0.2, 0.25) is 5.91 Å². The van der Waals surface area contributed by atoms with E-state index in [-0.39, 0.29) is 24.8 Å². The van der Waals surface area contributed by atoms with Crippen molar-refractivity contribution in [1.29, 1.82) is 0 Å². The Balaban J connectivity index is 1.68. The van der Waals surface area contributed by atoms with Gasteiger partial charge in [-0.2, -0.15) is 0 Å². The molecule has 1 fully saturated rings. The van der Waals surface area contributed by atoms with Crippen LogP contribution in [-0.4, -0.2) is 59.6 Å². The predicted molar refractivity (Wildman–Crippen MR) is 111 cm³/mol. The number of rotatable bonds is 5. The van der Waals surface area contributed by atoms with Gasteiger partial charge in [-0.15, -0.1) is 0 Å². The molecule has 2 amide bonds. The lowest BCUT2D eigenvalue weighted by molar-refractivity contribution is -0.151. The number of esters is 1. The number of benzene rings is 1. The van der Waals surface area contributed by atoms with Crippen LogP contribution in [0.15, 0.2) is 24.8 Å². The zero-order chi connectivity index (χ0) is 22.0. The molecule has 0 unspecified atom stereocenters. The van der Waals surface area contributed by atoms with Crippen LogP contribution in [0.2, 0.25) is 0 Å². The first-order chi connectivity index (χ1) is 14.3. The Morgan fingerprint density at radius 2 is 2.00 bits per heavy atom. The van der Waals surface area contributed by atoms with Gasteiger partial charge in [-0.25, -0.2) is 9.59 Å². The van der Waals surface area contributed by atoms with E-state index in [1.54, 1.807) is 11.0 Å². The molecule has 3 atom stereocenters. The van der Waals surface area contributed by atoms with Crippen LogP contribution < -0.4 is 5.73 Å². The van der Waals surface area contributed by atoms with Crippen molar-refractivity contribution >= 4 is 24.0 Å². The summed E-state index contributed by atoms with van der Waals surface area (Å²) in [4.78, 5) is 40.7. The van der Waals surface area contributed by atoms with Gasteiger partial charge in [-0.3, -0.25) is 9.69 Å². The summed E-state index contributed by atoms with van der Waals surface area (Å²) in [7, 11) is 1.27. The number of fused-ring (bicyclic) bond motifs is 1. The Labute approximate surface area is 176 Å². The fraction of sp³-hybridized carbons (Fsp3) is 0.500. The second-order valence-electron chi connectivity index (χ2n) is 8.09. The van der Waals surface area contributed by atoms with E-state index in [0.717, 1.165) is 16.7 Å². The zero-order valence-electron chi connectivity index (χ0n) is 17.7. The fourth-order valence-electron chi connectivity index (χ4n) is 3.95. The molecule has 2 heterocycles. The van der Waals surface area contributed by atoms with E-state index in [0.29, 0.717) is 13.1 Å². The minimum atomic E-state index is -0.812. The number of methoxy groups -OCH3 is 1. The van der Waals surface area contributed by atoms with Crippen molar-refractivity contribution in [3.05, 3.63) is 41.5 Å². The predicted octanol–water partition coefficient (Wildman–Crippen LogP) is 1.91. The number of nitrogens with two attached hydrogens (primary N) is 1. The van der Waals surface area contributed by atoms with Crippen molar-refractivity contribution in [3.8, 4) is 0 Å². The lowest BCUT2D eigenvalue weighted by Gasteiger charge is -2.27. The summed E-state index contributed by atoms with van der Waals surface area (Å²) in [6, 6.07) is 4.32. The maximum Gasteiger partial charge on any atom is 0.410 e. The van der Waals surface area contributed by atoms with Crippen LogP contribution in [0.5, 0.6) is 0 Å². The highest BCUT2D eigenvalue weighted by Crippen LogP contribution is 2.29. The molecule has 0 bridgehead atoms. The van der Waals surface area contributed by atoms with Crippen LogP contribution in [0.25, 0.3) is 6.08 Å². The summed E-state index contributed by atoms with van der Waals surface area (Å²) < 4.78 is 10.5. The molecule has 162 valence electrons. The number of hydrogen-bond acceptors (Lipinski definition) is 6. The fourth-order valence-corrected chi connectivity index (χ4v) is 3.95. The Hall–Kier alpha value is -2.87. The average Bonchev–Trinajstić information content (AvgIpc) is 3.36. The first-order valence-corrected chi connectivity index (χ1v) is 10.1. The van der Waals surface area contributed by atoms with Gasteiger partial charge in [0.25, 0.3) is 0 Å². The minimum Gasteiger partial charge on any atom is -0.467 e. The third-order valence-electron chi connectivity index (χ3n) is 5.79. The zero-order valence-corrected chi connectivity index (χ0v) is 17.7. The van der Waals surface area contributed by atoms with Crippen LogP contribution in [0.3, 0.4) is 0 Å². The summed E-state index contributed by atoms with van der Waals surface area (Å²) in [5, 5.41) is 0. The van der Waals surface area contributed by atoms with Gasteiger partial charge in [0, 0.05) is 13.0 Å². The second kappa shape index (κ2) is 8.87. The summed E-state index contributed by atoms with van der Waals surface area (Å²) in [5.74, 6) is -0.968. The van der Waals surface area contributed by atoms with Crippen LogP contribution in [-0.2, 0) is 32.2 Å². The highest BCUT2D eigenvalue weighted by Gasteiger charge is 2.44. The Kier molecular flexibility index (Phi) is 6.45. The van der Waals surface area contributed by atoms with Gasteiger partial charge in [0.15, 0.2) is 0 Å². The van der Waals surface area contributed by atoms with Gasteiger partial charge in [-0.05, 0) is 22.6 Å². The van der Waals surface area contributed by atoms with E-state index in [2.05, 4.69) is 6.58 Å². The monoisotopic (exact) mass is 415 g/mol. The molecule has 3 rings (SSSR count). The molecule has 2 N–H and O–H groups in total. The van der Waals surface area contributed by atoms with Gasteiger partial charge >= 0.3 is 12.1 Å². The van der Waals surface area contributed by atoms with Gasteiger partial charge in [0.1, 0.15) is 12.1 Å². The van der Waals surface area contributed by atoms with Crippen molar-refractivity contribution in [3.63, 3.8) is 0 Å². The van der Waals surface area contributed by atoms with Crippen LogP contribution in [0.1, 0.15) is 37.0 Å². The van der Waals surface area contributed by atoms with Crippen LogP contribution in [0, 0.1) is 5.92 Å². The number of ether oxygens (including phenoxy) is 2. The molecule has 0 saturated carbocycles. The molecule has 1 aromatic carbocycles. The van der Waals surface area contributed by atoms with E-state index >= 15 is 0 Å². The lowest BCUT2D eigenvalue weighted by atomic mass is 10.0. The Morgan fingerprint density at radius 1 is 1.27 bits per heavy atom. The number of hydrogen-bond donors (Lipinski definition) is 1. The van der Waals surface area contributed by atoms with Crippen molar-refractivity contribution in [2.45, 2.75) is 51.5 Å². The molecule has 0 spiro atoms. The van der Waals surface area contributed by atoms with E-state index in [4.69, 9.17) is 15.2 Å². The normalized spacial score (nSPS) is 21.4. The van der Waals surface area contributed by atoms with Crippen molar-refractivity contribution < 1.29 is 23.9 Å². The molecule has 2 aliphatic heterocycles. The molecule has 30 heavy (non-hydrogen) atoms. The van der Waals surface area contributed by atoms with Gasteiger partial charge in [-0.1, -0.05) is 44.7 Å². The van der Waals surface area contributed by atoms with E-state index in [1.807, 2.05) is 32.0 Å². The largest absolute Gasteiger partial charge is 0.467 e. The number of carbonyl (C=O) groups is 3. The molecule has 1 aromatic rings. The number of likely N-dealkylation sites (tertiary alicyclic amines) is 1. The van der Waals surface area contributed by atoms with Crippen molar-refractivity contribution in [2.24, 2.45) is 11.7 Å². The third-order valence-corrected chi connectivity index (χ3v) is 5.79. The molecule has 8 heteroatoms. The quantitative estimate of drug-likeness (QED) is 0.737. The van der Waals surface area contributed by atoms with Crippen LogP contribution >= 0.6 is 0 Å². The third kappa shape index (κ3) is 4.18. The number of carbonyl (C=O) groups excluding carboxylic acids is 3. The van der Waals surface area contributed by atoms with Gasteiger partial charge in [0.05, 0.1) is 26.2 Å². The average molecular weight is 415 g/mol. The summed E-state index contributed by atoms with van der Waals surface area (Å²) in [5.41, 5.74) is 9.11. The standard InChI is InChI=1S/C22H29N3O5/c1-5-14-7-6-8-15-10-24(12-17(14)15)22(28)30-16-9-18(21(27)29-4)25(11-16)20(26)19(23)13(2)3/h5-8,13,16,18-19H,1,9-12,23H2,2-4H3/t16-,18+,19+/m1/s1. The molecular formula is C22H29N3O5. The Bertz CT molecular complexity index is 853. The lowest BCUT2D eigenvalue weighted by Crippen LogP contribution is -2.50. The van der Waals surface area contributed by atoms with Gasteiger partial charge < -0.3 is 20.1 Å². The Morgan fingerprint density at radius 3 is 2.63 bits per heavy atom. The maximum atomic E-state index is 12.8. The van der Waals surface area contributed by atoms with E-state index in [1.165, 1.54) is 12.0 Å². The van der Waals surface area contributed by atoms with E-state index < -0.39 is 30.3 Å². The molecular weight excluding hydrogens is 386 g/mol. The van der Waals surface area contributed by atoms with Crippen molar-refractivity contribution in [2.75, 3.05) is 13.7 Å². The smallest absolute Gasteiger partial charge is 0.410 e. The molecule has 0 aromatic heterocycles. The topological polar surface area (TPSA) is 102 Å². The highest BCUT2D eigenvalue weighted by atomic mass is 16.6. The molecule has 0 radical (unpaired) electrons. The summed E-state index contributed by atoms with van der Waals surface area (Å²) in [6.45, 7) is 8.50. The molecule has 0 aliphatic carbocycles.